The van der Waals surface area contributed by atoms with Gasteiger partial charge in [-0.1, -0.05) is 35.9 Å². The number of carboxylic acids is 1. The summed E-state index contributed by atoms with van der Waals surface area (Å²) in [5, 5.41) is 9.12. The van der Waals surface area contributed by atoms with Gasteiger partial charge in [0.05, 0.1) is 10.6 Å². The maximum atomic E-state index is 10.8. The molecule has 0 heterocycles. The quantitative estimate of drug-likeness (QED) is 0.795. The van der Waals surface area contributed by atoms with E-state index >= 15 is 0 Å². The van der Waals surface area contributed by atoms with E-state index in [0.717, 1.165) is 17.7 Å². The number of halogens is 1. The van der Waals surface area contributed by atoms with Crippen LogP contribution in [0, 0.1) is 0 Å². The van der Waals surface area contributed by atoms with Crippen LogP contribution in [0.2, 0.25) is 5.02 Å². The molecule has 0 atom stereocenters. The summed E-state index contributed by atoms with van der Waals surface area (Å²) in [6, 6.07) is 4.94. The van der Waals surface area contributed by atoms with Crippen molar-refractivity contribution in [3.8, 4) is 0 Å². The molecular formula is C11H11ClO2S. The van der Waals surface area contributed by atoms with Gasteiger partial charge in [0, 0.05) is 0 Å². The SMILES string of the molecule is O=C(O)c1cccc(C=CCCS)c1Cl. The molecule has 0 spiro atoms. The lowest BCUT2D eigenvalue weighted by Crippen LogP contribution is -1.97. The lowest BCUT2D eigenvalue weighted by Gasteiger charge is -2.01. The van der Waals surface area contributed by atoms with E-state index in [1.165, 1.54) is 6.07 Å². The second-order valence-corrected chi connectivity index (χ2v) is 3.75. The summed E-state index contributed by atoms with van der Waals surface area (Å²) in [5.41, 5.74) is 0.850. The largest absolute Gasteiger partial charge is 0.478 e. The van der Waals surface area contributed by atoms with E-state index < -0.39 is 5.97 Å². The summed E-state index contributed by atoms with van der Waals surface area (Å²) in [4.78, 5) is 10.8. The number of carboxylic acid groups (broad SMARTS) is 1. The van der Waals surface area contributed by atoms with Crippen molar-refractivity contribution in [3.05, 3.63) is 40.4 Å². The first-order valence-corrected chi connectivity index (χ1v) is 5.47. The first kappa shape index (κ1) is 12.1. The van der Waals surface area contributed by atoms with Crippen LogP contribution in [-0.4, -0.2) is 16.8 Å². The fourth-order valence-electron chi connectivity index (χ4n) is 1.13. The van der Waals surface area contributed by atoms with Crippen LogP contribution in [0.25, 0.3) is 6.08 Å². The minimum atomic E-state index is -1.01. The van der Waals surface area contributed by atoms with Crippen LogP contribution in [0.15, 0.2) is 24.3 Å². The molecule has 0 amide bonds. The van der Waals surface area contributed by atoms with Crippen molar-refractivity contribution < 1.29 is 9.90 Å². The van der Waals surface area contributed by atoms with Crippen molar-refractivity contribution in [1.82, 2.24) is 0 Å². The molecule has 0 unspecified atom stereocenters. The fourth-order valence-corrected chi connectivity index (χ4v) is 1.55. The van der Waals surface area contributed by atoms with Crippen molar-refractivity contribution in [3.63, 3.8) is 0 Å². The molecule has 1 aromatic rings. The molecule has 0 aromatic heterocycles. The number of aromatic carboxylic acids is 1. The van der Waals surface area contributed by atoms with Crippen molar-refractivity contribution >= 4 is 36.3 Å². The molecule has 80 valence electrons. The maximum Gasteiger partial charge on any atom is 0.337 e. The highest BCUT2D eigenvalue weighted by atomic mass is 35.5. The van der Waals surface area contributed by atoms with Gasteiger partial charge >= 0.3 is 5.97 Å². The van der Waals surface area contributed by atoms with Gasteiger partial charge in [0.1, 0.15) is 0 Å². The molecule has 0 aliphatic rings. The number of benzene rings is 1. The Balaban J connectivity index is 2.99. The Labute approximate surface area is 99.0 Å². The molecule has 0 radical (unpaired) electrons. The molecule has 0 fully saturated rings. The van der Waals surface area contributed by atoms with E-state index in [4.69, 9.17) is 16.7 Å². The van der Waals surface area contributed by atoms with Crippen LogP contribution in [0.1, 0.15) is 22.3 Å². The second-order valence-electron chi connectivity index (χ2n) is 2.93. The molecule has 1 rings (SSSR count). The number of thiol groups is 1. The van der Waals surface area contributed by atoms with E-state index in [2.05, 4.69) is 12.6 Å². The van der Waals surface area contributed by atoms with Gasteiger partial charge in [-0.3, -0.25) is 0 Å². The van der Waals surface area contributed by atoms with Gasteiger partial charge in [-0.05, 0) is 23.8 Å². The Kier molecular flexibility index (Phi) is 4.72. The van der Waals surface area contributed by atoms with E-state index in [9.17, 15) is 4.79 Å². The van der Waals surface area contributed by atoms with Crippen LogP contribution in [-0.2, 0) is 0 Å². The maximum absolute atomic E-state index is 10.8. The molecule has 2 nitrogen and oxygen atoms in total. The van der Waals surface area contributed by atoms with Gasteiger partial charge in [0.25, 0.3) is 0 Å². The predicted octanol–water partition coefficient (Wildman–Crippen LogP) is 3.37. The highest BCUT2D eigenvalue weighted by molar-refractivity contribution is 7.80. The van der Waals surface area contributed by atoms with Crippen molar-refractivity contribution in [2.75, 3.05) is 5.75 Å². The number of allylic oxidation sites excluding steroid dienone is 1. The summed E-state index contributed by atoms with van der Waals surface area (Å²) in [6.45, 7) is 0. The molecular weight excluding hydrogens is 232 g/mol. The third-order valence-electron chi connectivity index (χ3n) is 1.85. The van der Waals surface area contributed by atoms with E-state index in [-0.39, 0.29) is 10.6 Å². The van der Waals surface area contributed by atoms with Crippen molar-refractivity contribution in [1.29, 1.82) is 0 Å². The first-order valence-electron chi connectivity index (χ1n) is 4.46. The summed E-state index contributed by atoms with van der Waals surface area (Å²) in [6.07, 6.45) is 4.56. The van der Waals surface area contributed by atoms with Gasteiger partial charge in [-0.2, -0.15) is 12.6 Å². The van der Waals surface area contributed by atoms with E-state index in [0.29, 0.717) is 0 Å². The van der Waals surface area contributed by atoms with Crippen molar-refractivity contribution in [2.45, 2.75) is 6.42 Å². The summed E-state index contributed by atoms with van der Waals surface area (Å²) >= 11 is 10.00. The first-order chi connectivity index (χ1) is 7.16. The van der Waals surface area contributed by atoms with Crippen LogP contribution < -0.4 is 0 Å². The summed E-state index contributed by atoms with van der Waals surface area (Å²) in [5.74, 6) is -0.253. The smallest absolute Gasteiger partial charge is 0.337 e. The summed E-state index contributed by atoms with van der Waals surface area (Å²) in [7, 11) is 0. The molecule has 0 bridgehead atoms. The monoisotopic (exact) mass is 242 g/mol. The Morgan fingerprint density at radius 2 is 2.27 bits per heavy atom. The zero-order valence-corrected chi connectivity index (χ0v) is 9.63. The van der Waals surface area contributed by atoms with Gasteiger partial charge < -0.3 is 5.11 Å². The Morgan fingerprint density at radius 3 is 2.87 bits per heavy atom. The zero-order valence-electron chi connectivity index (χ0n) is 7.98. The Hall–Kier alpha value is -0.930. The Morgan fingerprint density at radius 1 is 1.53 bits per heavy atom. The van der Waals surface area contributed by atoms with Gasteiger partial charge in [-0.25, -0.2) is 4.79 Å². The fraction of sp³-hybridized carbons (Fsp3) is 0.182. The topological polar surface area (TPSA) is 37.3 Å². The Bertz CT molecular complexity index is 388. The molecule has 1 aromatic carbocycles. The van der Waals surface area contributed by atoms with Gasteiger partial charge in [-0.15, -0.1) is 0 Å². The van der Waals surface area contributed by atoms with Gasteiger partial charge in [0.15, 0.2) is 0 Å². The third kappa shape index (κ3) is 3.29. The standard InChI is InChI=1S/C11H11ClO2S/c12-10-8(4-1-2-7-15)5-3-6-9(10)11(13)14/h1,3-6,15H,2,7H2,(H,13,14). The lowest BCUT2D eigenvalue weighted by atomic mass is 10.1. The number of carbonyl (C=O) groups is 1. The number of hydrogen-bond acceptors (Lipinski definition) is 2. The molecule has 0 aliphatic heterocycles. The van der Waals surface area contributed by atoms with E-state index in [1.807, 2.05) is 12.2 Å². The highest BCUT2D eigenvalue weighted by Gasteiger charge is 2.09. The highest BCUT2D eigenvalue weighted by Crippen LogP contribution is 2.22. The van der Waals surface area contributed by atoms with Crippen molar-refractivity contribution in [2.24, 2.45) is 0 Å². The van der Waals surface area contributed by atoms with Gasteiger partial charge in [0.2, 0.25) is 0 Å². The minimum absolute atomic E-state index is 0.129. The minimum Gasteiger partial charge on any atom is -0.478 e. The molecule has 1 N–H and O–H groups in total. The van der Waals surface area contributed by atoms with Crippen LogP contribution in [0.4, 0.5) is 0 Å². The average molecular weight is 243 g/mol. The van der Waals surface area contributed by atoms with Crippen LogP contribution in [0.3, 0.4) is 0 Å². The average Bonchev–Trinajstić information content (AvgIpc) is 2.20. The molecule has 0 aliphatic carbocycles. The number of rotatable bonds is 4. The van der Waals surface area contributed by atoms with Crippen LogP contribution >= 0.6 is 24.2 Å². The van der Waals surface area contributed by atoms with E-state index in [1.54, 1.807) is 12.1 Å². The zero-order chi connectivity index (χ0) is 11.3. The normalized spacial score (nSPS) is 10.8. The molecule has 4 heteroatoms. The molecule has 0 saturated heterocycles. The summed E-state index contributed by atoms with van der Waals surface area (Å²) < 4.78 is 0. The second kappa shape index (κ2) is 5.83. The molecule has 15 heavy (non-hydrogen) atoms. The lowest BCUT2D eigenvalue weighted by molar-refractivity contribution is 0.0697. The predicted molar refractivity (Wildman–Crippen MR) is 65.9 cm³/mol. The van der Waals surface area contributed by atoms with Crippen LogP contribution in [0.5, 0.6) is 0 Å². The third-order valence-corrected chi connectivity index (χ3v) is 2.53. The number of hydrogen-bond donors (Lipinski definition) is 2. The molecule has 0 saturated carbocycles.